The molecule has 5 nitrogen and oxygen atoms in total. The number of alkyl halides is 3. The molecule has 0 aliphatic carbocycles. The van der Waals surface area contributed by atoms with Crippen molar-refractivity contribution in [3.63, 3.8) is 0 Å². The minimum atomic E-state index is -4.75. The summed E-state index contributed by atoms with van der Waals surface area (Å²) in [5, 5.41) is 9.73. The number of ether oxygens (including phenoxy) is 1. The molecule has 2 fully saturated rings. The first-order valence-corrected chi connectivity index (χ1v) is 6.63. The molecule has 2 rings (SSSR count). The van der Waals surface area contributed by atoms with E-state index >= 15 is 0 Å². The van der Waals surface area contributed by atoms with Crippen LogP contribution in [0.15, 0.2) is 0 Å². The molecule has 0 radical (unpaired) electrons. The highest BCUT2D eigenvalue weighted by Gasteiger charge is 2.56. The van der Waals surface area contributed by atoms with Gasteiger partial charge in [-0.15, -0.1) is 0 Å². The largest absolute Gasteiger partial charge is 0.418 e. The average Bonchev–Trinajstić information content (AvgIpc) is 2.37. The highest BCUT2D eigenvalue weighted by molar-refractivity contribution is 5.86. The van der Waals surface area contributed by atoms with Gasteiger partial charge in [-0.1, -0.05) is 0 Å². The summed E-state index contributed by atoms with van der Waals surface area (Å²) in [6.45, 7) is 0.0887. The molecule has 116 valence electrons. The van der Waals surface area contributed by atoms with Crippen LogP contribution < -0.4 is 5.73 Å². The molecule has 1 amide bonds. The Labute approximate surface area is 114 Å². The number of nitrogens with zero attached hydrogens (tertiary/aromatic N) is 1. The number of hydrogen-bond donors (Lipinski definition) is 2. The standard InChI is InChI=1S/C12H19F3N2O3/c13-12(14,15)11(19)2-1-5-17(8-11)9(18)10(16)3-6-20-7-4-10/h19H,1-8,16H2. The molecule has 1 unspecified atom stereocenters. The minimum absolute atomic E-state index is 0.105. The fraction of sp³-hybridized carbons (Fsp3) is 0.917. The van der Waals surface area contributed by atoms with Gasteiger partial charge in [0.25, 0.3) is 0 Å². The molecule has 0 saturated carbocycles. The Morgan fingerprint density at radius 3 is 2.40 bits per heavy atom. The fourth-order valence-electron chi connectivity index (χ4n) is 2.71. The molecule has 3 N–H and O–H groups in total. The number of carbonyl (C=O) groups is 1. The Morgan fingerprint density at radius 2 is 1.85 bits per heavy atom. The van der Waals surface area contributed by atoms with E-state index in [-0.39, 0.29) is 32.2 Å². The second kappa shape index (κ2) is 5.16. The molecular formula is C12H19F3N2O3. The smallest absolute Gasteiger partial charge is 0.381 e. The summed E-state index contributed by atoms with van der Waals surface area (Å²) in [4.78, 5) is 13.4. The number of amides is 1. The van der Waals surface area contributed by atoms with Gasteiger partial charge in [-0.05, 0) is 25.7 Å². The van der Waals surface area contributed by atoms with Crippen LogP contribution in [-0.4, -0.2) is 59.5 Å². The van der Waals surface area contributed by atoms with Gasteiger partial charge in [-0.2, -0.15) is 13.2 Å². The Kier molecular flexibility index (Phi) is 4.01. The van der Waals surface area contributed by atoms with Crippen molar-refractivity contribution in [1.29, 1.82) is 0 Å². The van der Waals surface area contributed by atoms with E-state index in [2.05, 4.69) is 0 Å². The predicted molar refractivity (Wildman–Crippen MR) is 63.8 cm³/mol. The first kappa shape index (κ1) is 15.5. The van der Waals surface area contributed by atoms with Crippen molar-refractivity contribution < 1.29 is 27.8 Å². The number of rotatable bonds is 1. The van der Waals surface area contributed by atoms with Gasteiger partial charge in [0.1, 0.15) is 0 Å². The molecule has 0 aromatic rings. The zero-order chi connectivity index (χ0) is 15.0. The Bertz CT molecular complexity index is 383. The van der Waals surface area contributed by atoms with Gasteiger partial charge in [0.2, 0.25) is 5.91 Å². The van der Waals surface area contributed by atoms with Gasteiger partial charge in [0.15, 0.2) is 5.60 Å². The van der Waals surface area contributed by atoms with E-state index in [0.29, 0.717) is 13.2 Å². The number of likely N-dealkylation sites (tertiary alicyclic amines) is 1. The van der Waals surface area contributed by atoms with Crippen molar-refractivity contribution in [2.24, 2.45) is 5.73 Å². The molecule has 2 heterocycles. The summed E-state index contributed by atoms with van der Waals surface area (Å²) in [5.74, 6) is -0.525. The molecule has 8 heteroatoms. The molecule has 0 bridgehead atoms. The number of hydrogen-bond acceptors (Lipinski definition) is 4. The molecule has 0 aromatic carbocycles. The van der Waals surface area contributed by atoms with Crippen molar-refractivity contribution in [3.05, 3.63) is 0 Å². The van der Waals surface area contributed by atoms with Crippen LogP contribution in [-0.2, 0) is 9.53 Å². The first-order chi connectivity index (χ1) is 9.18. The molecule has 2 aliphatic rings. The Hall–Kier alpha value is -0.860. The topological polar surface area (TPSA) is 75.8 Å². The van der Waals surface area contributed by atoms with E-state index in [1.165, 1.54) is 0 Å². The van der Waals surface area contributed by atoms with Crippen molar-refractivity contribution in [2.45, 2.75) is 43.0 Å². The maximum Gasteiger partial charge on any atom is 0.418 e. The summed E-state index contributed by atoms with van der Waals surface area (Å²) >= 11 is 0. The molecule has 0 aromatic heterocycles. The number of β-amino-alcohol motifs (C(OH)–C–C–N with tert-alkyl or cyclic N) is 1. The zero-order valence-corrected chi connectivity index (χ0v) is 11.1. The second-order valence-electron chi connectivity index (χ2n) is 5.63. The third-order valence-electron chi connectivity index (χ3n) is 4.10. The number of halogens is 3. The molecular weight excluding hydrogens is 277 g/mol. The van der Waals surface area contributed by atoms with E-state index in [1.807, 2.05) is 0 Å². The Balaban J connectivity index is 2.11. The van der Waals surface area contributed by atoms with E-state index in [0.717, 1.165) is 4.90 Å². The molecule has 2 aliphatic heterocycles. The van der Waals surface area contributed by atoms with Gasteiger partial charge in [0, 0.05) is 19.8 Å². The van der Waals surface area contributed by atoms with E-state index in [4.69, 9.17) is 10.5 Å². The van der Waals surface area contributed by atoms with Gasteiger partial charge >= 0.3 is 6.18 Å². The van der Waals surface area contributed by atoms with Gasteiger partial charge in [-0.3, -0.25) is 4.79 Å². The zero-order valence-electron chi connectivity index (χ0n) is 11.1. The molecule has 0 spiro atoms. The van der Waals surface area contributed by atoms with Crippen molar-refractivity contribution in [1.82, 2.24) is 4.90 Å². The van der Waals surface area contributed by atoms with Crippen LogP contribution in [0.25, 0.3) is 0 Å². The van der Waals surface area contributed by atoms with Gasteiger partial charge in [-0.25, -0.2) is 0 Å². The summed E-state index contributed by atoms with van der Waals surface area (Å²) < 4.78 is 43.7. The van der Waals surface area contributed by atoms with Crippen molar-refractivity contribution in [2.75, 3.05) is 26.3 Å². The molecule has 2 saturated heterocycles. The van der Waals surface area contributed by atoms with Gasteiger partial charge in [0.05, 0.1) is 12.1 Å². The lowest BCUT2D eigenvalue weighted by Gasteiger charge is -2.44. The highest BCUT2D eigenvalue weighted by Crippen LogP contribution is 2.38. The number of carbonyl (C=O) groups excluding carboxylic acids is 1. The van der Waals surface area contributed by atoms with E-state index < -0.39 is 29.8 Å². The quantitative estimate of drug-likeness (QED) is 0.735. The predicted octanol–water partition coefficient (Wildman–Crippen LogP) is 0.410. The average molecular weight is 296 g/mol. The molecule has 20 heavy (non-hydrogen) atoms. The highest BCUT2D eigenvalue weighted by atomic mass is 19.4. The maximum atomic E-state index is 12.9. The normalized spacial score (nSPS) is 31.1. The SMILES string of the molecule is NC1(C(=O)N2CCCC(O)(C(F)(F)F)C2)CCOCC1. The third-order valence-corrected chi connectivity index (χ3v) is 4.10. The van der Waals surface area contributed by atoms with Crippen LogP contribution in [0.1, 0.15) is 25.7 Å². The second-order valence-corrected chi connectivity index (χ2v) is 5.63. The Morgan fingerprint density at radius 1 is 1.25 bits per heavy atom. The number of nitrogens with two attached hydrogens (primary N) is 1. The fourth-order valence-corrected chi connectivity index (χ4v) is 2.71. The summed E-state index contributed by atoms with van der Waals surface area (Å²) in [6.07, 6.45) is -4.46. The van der Waals surface area contributed by atoms with E-state index in [1.54, 1.807) is 0 Å². The van der Waals surface area contributed by atoms with Crippen LogP contribution in [0, 0.1) is 0 Å². The van der Waals surface area contributed by atoms with Gasteiger partial charge < -0.3 is 20.5 Å². The van der Waals surface area contributed by atoms with Crippen LogP contribution in [0.4, 0.5) is 13.2 Å². The third kappa shape index (κ3) is 2.77. The lowest BCUT2D eigenvalue weighted by atomic mass is 9.86. The minimum Gasteiger partial charge on any atom is -0.381 e. The maximum absolute atomic E-state index is 12.9. The summed E-state index contributed by atoms with van der Waals surface area (Å²) in [5.41, 5.74) is 1.99. The summed E-state index contributed by atoms with van der Waals surface area (Å²) in [7, 11) is 0. The number of aliphatic hydroxyl groups is 1. The van der Waals surface area contributed by atoms with Crippen LogP contribution in [0.5, 0.6) is 0 Å². The van der Waals surface area contributed by atoms with Crippen LogP contribution >= 0.6 is 0 Å². The lowest BCUT2D eigenvalue weighted by molar-refractivity contribution is -0.273. The monoisotopic (exact) mass is 296 g/mol. The summed E-state index contributed by atoms with van der Waals surface area (Å²) in [6, 6.07) is 0. The van der Waals surface area contributed by atoms with Crippen molar-refractivity contribution in [3.8, 4) is 0 Å². The van der Waals surface area contributed by atoms with Crippen LogP contribution in [0.2, 0.25) is 0 Å². The van der Waals surface area contributed by atoms with Crippen molar-refractivity contribution >= 4 is 5.91 Å². The first-order valence-electron chi connectivity index (χ1n) is 6.63. The molecule has 1 atom stereocenters. The number of piperidine rings is 1. The lowest BCUT2D eigenvalue weighted by Crippen LogP contribution is -2.64. The van der Waals surface area contributed by atoms with E-state index in [9.17, 15) is 23.1 Å². The van der Waals surface area contributed by atoms with Crippen LogP contribution in [0.3, 0.4) is 0 Å².